The van der Waals surface area contributed by atoms with Crippen molar-refractivity contribution >= 4 is 5.97 Å². The molecule has 1 aliphatic rings. The third-order valence-electron chi connectivity index (χ3n) is 4.00. The maximum atomic E-state index is 13.1. The second-order valence-electron chi connectivity index (χ2n) is 5.60. The number of carbonyl (C=O) groups excluding carboxylic acids is 1. The number of halogens is 1. The fourth-order valence-electron chi connectivity index (χ4n) is 2.89. The molecule has 0 aromatic heterocycles. The maximum Gasteiger partial charge on any atom is 0.326 e. The minimum atomic E-state index is -0.584. The van der Waals surface area contributed by atoms with Crippen molar-refractivity contribution in [2.45, 2.75) is 44.6 Å². The number of rotatable bonds is 7. The van der Waals surface area contributed by atoms with E-state index in [9.17, 15) is 9.18 Å². The average Bonchev–Trinajstić information content (AvgIpc) is 2.53. The Morgan fingerprint density at radius 1 is 1.32 bits per heavy atom. The molecule has 1 aromatic carbocycles. The fourth-order valence-corrected chi connectivity index (χ4v) is 2.89. The van der Waals surface area contributed by atoms with Gasteiger partial charge >= 0.3 is 5.97 Å². The summed E-state index contributed by atoms with van der Waals surface area (Å²) in [5, 5.41) is 3.31. The zero-order valence-corrected chi connectivity index (χ0v) is 13.1. The highest BCUT2D eigenvalue weighted by molar-refractivity contribution is 5.81. The van der Waals surface area contributed by atoms with Crippen molar-refractivity contribution in [2.24, 2.45) is 0 Å². The van der Waals surface area contributed by atoms with Gasteiger partial charge in [-0.2, -0.15) is 0 Å². The zero-order chi connectivity index (χ0) is 15.8. The van der Waals surface area contributed by atoms with Gasteiger partial charge in [-0.05, 0) is 31.9 Å². The van der Waals surface area contributed by atoms with Crippen molar-refractivity contribution in [3.63, 3.8) is 0 Å². The topological polar surface area (TPSA) is 47.6 Å². The van der Waals surface area contributed by atoms with E-state index in [2.05, 4.69) is 5.32 Å². The third kappa shape index (κ3) is 4.44. The molecule has 1 saturated carbocycles. The molecule has 0 bridgehead atoms. The second kappa shape index (κ2) is 8.13. The Morgan fingerprint density at radius 2 is 2.09 bits per heavy atom. The molecule has 5 heteroatoms. The summed E-state index contributed by atoms with van der Waals surface area (Å²) in [6.45, 7) is 3.11. The summed E-state index contributed by atoms with van der Waals surface area (Å²) in [7, 11) is 0. The van der Waals surface area contributed by atoms with Crippen molar-refractivity contribution in [3.05, 3.63) is 30.1 Å². The third-order valence-corrected chi connectivity index (χ3v) is 4.00. The molecule has 1 aromatic rings. The van der Waals surface area contributed by atoms with E-state index in [1.807, 2.05) is 6.92 Å². The number of ether oxygens (including phenoxy) is 2. The standard InChI is InChI=1S/C17H24FNO3/c1-2-21-16(20)17(9-4-3-5-10-17)19-11-12-22-15-8-6-7-14(18)13-15/h6-8,13,19H,2-5,9-12H2,1H3. The van der Waals surface area contributed by atoms with E-state index in [-0.39, 0.29) is 11.8 Å². The molecular formula is C17H24FNO3. The molecule has 0 aliphatic heterocycles. The summed E-state index contributed by atoms with van der Waals surface area (Å²) in [6, 6.07) is 6.05. The van der Waals surface area contributed by atoms with Crippen molar-refractivity contribution in [3.8, 4) is 5.75 Å². The summed E-state index contributed by atoms with van der Waals surface area (Å²) in [5.74, 6) is 0.0109. The Labute approximate surface area is 131 Å². The van der Waals surface area contributed by atoms with Crippen LogP contribution < -0.4 is 10.1 Å². The summed E-state index contributed by atoms with van der Waals surface area (Å²) in [6.07, 6.45) is 4.80. The molecule has 0 amide bonds. The predicted octanol–water partition coefficient (Wildman–Crippen LogP) is 3.06. The first-order valence-corrected chi connectivity index (χ1v) is 7.97. The first kappa shape index (κ1) is 16.7. The van der Waals surface area contributed by atoms with Crippen LogP contribution in [0.5, 0.6) is 5.75 Å². The Bertz CT molecular complexity index is 487. The Morgan fingerprint density at radius 3 is 2.77 bits per heavy atom. The highest BCUT2D eigenvalue weighted by Gasteiger charge is 2.40. The molecule has 1 aliphatic carbocycles. The molecule has 22 heavy (non-hydrogen) atoms. The SMILES string of the molecule is CCOC(=O)C1(NCCOc2cccc(F)c2)CCCCC1. The monoisotopic (exact) mass is 309 g/mol. The number of hydrogen-bond acceptors (Lipinski definition) is 4. The number of esters is 1. The summed E-state index contributed by atoms with van der Waals surface area (Å²) >= 11 is 0. The van der Waals surface area contributed by atoms with Gasteiger partial charge in [-0.1, -0.05) is 25.3 Å². The van der Waals surface area contributed by atoms with E-state index < -0.39 is 5.54 Å². The zero-order valence-electron chi connectivity index (χ0n) is 13.1. The van der Waals surface area contributed by atoms with Crippen molar-refractivity contribution in [1.29, 1.82) is 0 Å². The second-order valence-corrected chi connectivity index (χ2v) is 5.60. The lowest BCUT2D eigenvalue weighted by Crippen LogP contribution is -2.55. The molecule has 0 saturated heterocycles. The van der Waals surface area contributed by atoms with Crippen LogP contribution in [-0.2, 0) is 9.53 Å². The molecule has 4 nitrogen and oxygen atoms in total. The normalized spacial score (nSPS) is 17.0. The van der Waals surface area contributed by atoms with Crippen LogP contribution in [0.4, 0.5) is 4.39 Å². The number of carbonyl (C=O) groups is 1. The van der Waals surface area contributed by atoms with Crippen LogP contribution in [-0.4, -0.2) is 31.3 Å². The summed E-state index contributed by atoms with van der Waals surface area (Å²) in [4.78, 5) is 12.3. The van der Waals surface area contributed by atoms with Gasteiger partial charge in [-0.3, -0.25) is 10.1 Å². The lowest BCUT2D eigenvalue weighted by Gasteiger charge is -2.35. The minimum Gasteiger partial charge on any atom is -0.492 e. The predicted molar refractivity (Wildman–Crippen MR) is 82.3 cm³/mol. The van der Waals surface area contributed by atoms with E-state index in [4.69, 9.17) is 9.47 Å². The van der Waals surface area contributed by atoms with Gasteiger partial charge in [0.15, 0.2) is 0 Å². The Hall–Kier alpha value is -1.62. The van der Waals surface area contributed by atoms with E-state index in [0.29, 0.717) is 25.5 Å². The van der Waals surface area contributed by atoms with Gasteiger partial charge in [0.1, 0.15) is 23.7 Å². The Balaban J connectivity index is 1.84. The van der Waals surface area contributed by atoms with E-state index in [0.717, 1.165) is 32.1 Å². The quantitative estimate of drug-likeness (QED) is 0.621. The molecule has 2 rings (SSSR count). The van der Waals surface area contributed by atoms with Crippen LogP contribution in [0.2, 0.25) is 0 Å². The molecule has 1 N–H and O–H groups in total. The molecule has 1 fully saturated rings. The highest BCUT2D eigenvalue weighted by atomic mass is 19.1. The summed E-state index contributed by atoms with van der Waals surface area (Å²) in [5.41, 5.74) is -0.584. The van der Waals surface area contributed by atoms with Crippen molar-refractivity contribution in [2.75, 3.05) is 19.8 Å². The van der Waals surface area contributed by atoms with Crippen LogP contribution >= 0.6 is 0 Å². The molecule has 0 heterocycles. The van der Waals surface area contributed by atoms with Gasteiger partial charge in [0.05, 0.1) is 6.61 Å². The fraction of sp³-hybridized carbons (Fsp3) is 0.588. The minimum absolute atomic E-state index is 0.166. The van der Waals surface area contributed by atoms with Crippen LogP contribution in [0.3, 0.4) is 0 Å². The van der Waals surface area contributed by atoms with Gasteiger partial charge in [-0.15, -0.1) is 0 Å². The van der Waals surface area contributed by atoms with Crippen LogP contribution in [0.25, 0.3) is 0 Å². The largest absolute Gasteiger partial charge is 0.492 e. The first-order chi connectivity index (χ1) is 10.7. The maximum absolute atomic E-state index is 13.1. The summed E-state index contributed by atoms with van der Waals surface area (Å²) < 4.78 is 23.8. The molecule has 0 unspecified atom stereocenters. The van der Waals surface area contributed by atoms with Gasteiger partial charge in [0.25, 0.3) is 0 Å². The van der Waals surface area contributed by atoms with Crippen molar-refractivity contribution < 1.29 is 18.7 Å². The highest BCUT2D eigenvalue weighted by Crippen LogP contribution is 2.29. The van der Waals surface area contributed by atoms with E-state index >= 15 is 0 Å². The smallest absolute Gasteiger partial charge is 0.326 e. The van der Waals surface area contributed by atoms with Crippen molar-refractivity contribution in [1.82, 2.24) is 5.32 Å². The number of hydrogen-bond donors (Lipinski definition) is 1. The van der Waals surface area contributed by atoms with E-state index in [1.54, 1.807) is 12.1 Å². The van der Waals surface area contributed by atoms with Crippen LogP contribution in [0.15, 0.2) is 24.3 Å². The lowest BCUT2D eigenvalue weighted by atomic mass is 9.81. The number of benzene rings is 1. The van der Waals surface area contributed by atoms with Gasteiger partial charge in [-0.25, -0.2) is 4.39 Å². The lowest BCUT2D eigenvalue weighted by molar-refractivity contribution is -0.152. The molecule has 0 radical (unpaired) electrons. The van der Waals surface area contributed by atoms with Gasteiger partial charge in [0.2, 0.25) is 0 Å². The first-order valence-electron chi connectivity index (χ1n) is 7.97. The van der Waals surface area contributed by atoms with Crippen LogP contribution in [0.1, 0.15) is 39.0 Å². The average molecular weight is 309 g/mol. The number of nitrogens with one attached hydrogen (secondary N) is 1. The molecule has 0 spiro atoms. The van der Waals surface area contributed by atoms with Gasteiger partial charge < -0.3 is 9.47 Å². The Kier molecular flexibility index (Phi) is 6.19. The molecular weight excluding hydrogens is 285 g/mol. The molecule has 0 atom stereocenters. The molecule has 122 valence electrons. The van der Waals surface area contributed by atoms with Crippen LogP contribution in [0, 0.1) is 5.82 Å². The van der Waals surface area contributed by atoms with E-state index in [1.165, 1.54) is 12.1 Å². The van der Waals surface area contributed by atoms with Gasteiger partial charge in [0, 0.05) is 12.6 Å².